The minimum absolute atomic E-state index is 0. The number of carbonyl (C=O) groups excluding carboxylic acids is 2. The molecule has 0 heterocycles. The second-order valence-electron chi connectivity index (χ2n) is 7.50. The Hall–Kier alpha value is 1.95. The third kappa shape index (κ3) is 15.4. The minimum Gasteiger partial charge on any atom is -0.550 e. The zero-order valence-electron chi connectivity index (χ0n) is 17.7. The molecule has 0 bridgehead atoms. The third-order valence-electron chi connectivity index (χ3n) is 5.35. The van der Waals surface area contributed by atoms with Gasteiger partial charge in [-0.15, -0.1) is 0 Å². The van der Waals surface area contributed by atoms with Crippen LogP contribution in [0.15, 0.2) is 12.2 Å². The standard InChI is InChI=1S/C21H36O4.2K/c1-2-3-4-8-11-17-14-15-18(19(16-17)21(24)25)12-9-6-5-7-10-13-20(22)23;;/h14-15,17-19H,2-13,16H2,1H3,(H,22,23)(H,24,25);;/q;2*+1/p-2. The maximum atomic E-state index is 11.5. The van der Waals surface area contributed by atoms with Crippen LogP contribution in [0.5, 0.6) is 0 Å². The van der Waals surface area contributed by atoms with Crippen LogP contribution in [-0.2, 0) is 9.59 Å². The number of carbonyl (C=O) groups is 2. The molecule has 3 atom stereocenters. The topological polar surface area (TPSA) is 80.3 Å². The summed E-state index contributed by atoms with van der Waals surface area (Å²) in [5.41, 5.74) is 0. The fourth-order valence-electron chi connectivity index (χ4n) is 3.81. The van der Waals surface area contributed by atoms with Crippen LogP contribution in [0.2, 0.25) is 0 Å². The van der Waals surface area contributed by atoms with Gasteiger partial charge in [0.25, 0.3) is 0 Å². The molecule has 0 spiro atoms. The number of unbranched alkanes of at least 4 members (excludes halogenated alkanes) is 7. The van der Waals surface area contributed by atoms with Gasteiger partial charge in [0.15, 0.2) is 0 Å². The number of carboxylic acid groups (broad SMARTS) is 2. The fraction of sp³-hybridized carbons (Fsp3) is 0.810. The second kappa shape index (κ2) is 19.9. The molecular formula is C21H34K2O4. The summed E-state index contributed by atoms with van der Waals surface area (Å²) >= 11 is 0. The summed E-state index contributed by atoms with van der Waals surface area (Å²) in [5.74, 6) is -1.74. The van der Waals surface area contributed by atoms with Gasteiger partial charge >= 0.3 is 103 Å². The molecule has 0 N–H and O–H groups in total. The first-order valence-electron chi connectivity index (χ1n) is 10.1. The molecule has 27 heavy (non-hydrogen) atoms. The largest absolute Gasteiger partial charge is 1.00 e. The SMILES string of the molecule is CCCCCCC1C=CC(CCCCCCCC(=O)[O-])C(C(=O)[O-])C1.[K+].[K+]. The second-order valence-corrected chi connectivity index (χ2v) is 7.50. The summed E-state index contributed by atoms with van der Waals surface area (Å²) in [6, 6.07) is 0. The predicted molar refractivity (Wildman–Crippen MR) is 95.3 cm³/mol. The third-order valence-corrected chi connectivity index (χ3v) is 5.35. The molecule has 0 aromatic rings. The van der Waals surface area contributed by atoms with E-state index in [1.807, 2.05) is 0 Å². The molecule has 3 unspecified atom stereocenters. The van der Waals surface area contributed by atoms with Crippen LogP contribution in [0.1, 0.15) is 90.4 Å². The Bertz CT molecular complexity index is 426. The molecule has 0 saturated heterocycles. The first kappa shape index (κ1) is 31.1. The van der Waals surface area contributed by atoms with E-state index in [4.69, 9.17) is 0 Å². The van der Waals surface area contributed by atoms with E-state index in [1.165, 1.54) is 25.7 Å². The summed E-state index contributed by atoms with van der Waals surface area (Å²) in [6.07, 6.45) is 16.7. The average molecular weight is 429 g/mol. The molecule has 0 aromatic heterocycles. The number of hydrogen-bond donors (Lipinski definition) is 0. The van der Waals surface area contributed by atoms with E-state index in [0.29, 0.717) is 12.3 Å². The van der Waals surface area contributed by atoms with Crippen molar-refractivity contribution >= 4 is 11.9 Å². The minimum atomic E-state index is -0.978. The van der Waals surface area contributed by atoms with Gasteiger partial charge in [-0.25, -0.2) is 0 Å². The van der Waals surface area contributed by atoms with E-state index >= 15 is 0 Å². The maximum absolute atomic E-state index is 11.5. The summed E-state index contributed by atoms with van der Waals surface area (Å²) < 4.78 is 0. The summed E-state index contributed by atoms with van der Waals surface area (Å²) in [5, 5.41) is 21.9. The Morgan fingerprint density at radius 1 is 0.852 bits per heavy atom. The van der Waals surface area contributed by atoms with Gasteiger partial charge in [0.05, 0.1) is 0 Å². The Morgan fingerprint density at radius 2 is 1.44 bits per heavy atom. The van der Waals surface area contributed by atoms with Crippen molar-refractivity contribution in [3.05, 3.63) is 12.2 Å². The molecule has 1 aliphatic carbocycles. The van der Waals surface area contributed by atoms with Crippen molar-refractivity contribution in [1.29, 1.82) is 0 Å². The Balaban J connectivity index is 0. The van der Waals surface area contributed by atoms with Gasteiger partial charge in [-0.3, -0.25) is 0 Å². The zero-order valence-corrected chi connectivity index (χ0v) is 24.0. The van der Waals surface area contributed by atoms with Gasteiger partial charge in [0.1, 0.15) is 0 Å². The smallest absolute Gasteiger partial charge is 0.550 e. The van der Waals surface area contributed by atoms with Crippen molar-refractivity contribution in [2.75, 3.05) is 0 Å². The fourth-order valence-corrected chi connectivity index (χ4v) is 3.81. The molecule has 6 heteroatoms. The van der Waals surface area contributed by atoms with Crippen LogP contribution in [0, 0.1) is 17.8 Å². The summed E-state index contributed by atoms with van der Waals surface area (Å²) in [6.45, 7) is 2.20. The maximum Gasteiger partial charge on any atom is 1.00 e. The Kier molecular flexibility index (Phi) is 22.9. The van der Waals surface area contributed by atoms with Gasteiger partial charge in [-0.05, 0) is 43.9 Å². The van der Waals surface area contributed by atoms with Gasteiger partial charge in [-0.1, -0.05) is 70.4 Å². The molecule has 1 rings (SSSR count). The zero-order chi connectivity index (χ0) is 18.5. The number of allylic oxidation sites excluding steroid dienone is 2. The quantitative estimate of drug-likeness (QED) is 0.168. The monoisotopic (exact) mass is 428 g/mol. The van der Waals surface area contributed by atoms with Crippen LogP contribution in [0.3, 0.4) is 0 Å². The number of aliphatic carboxylic acids is 2. The summed E-state index contributed by atoms with van der Waals surface area (Å²) in [7, 11) is 0. The van der Waals surface area contributed by atoms with Crippen LogP contribution in [0.25, 0.3) is 0 Å². The Labute approximate surface area is 250 Å². The van der Waals surface area contributed by atoms with E-state index in [1.54, 1.807) is 0 Å². The predicted octanol–water partition coefficient (Wildman–Crippen LogP) is -3.00. The van der Waals surface area contributed by atoms with Crippen molar-refractivity contribution < 1.29 is 123 Å². The van der Waals surface area contributed by atoms with Gasteiger partial charge < -0.3 is 19.8 Å². The summed E-state index contributed by atoms with van der Waals surface area (Å²) in [4.78, 5) is 21.9. The van der Waals surface area contributed by atoms with Crippen molar-refractivity contribution in [2.45, 2.75) is 90.4 Å². The molecule has 4 nitrogen and oxygen atoms in total. The number of hydrogen-bond acceptors (Lipinski definition) is 4. The van der Waals surface area contributed by atoms with Gasteiger partial charge in [0, 0.05) is 17.9 Å². The molecule has 0 amide bonds. The van der Waals surface area contributed by atoms with E-state index in [0.717, 1.165) is 44.9 Å². The van der Waals surface area contributed by atoms with E-state index in [2.05, 4.69) is 19.1 Å². The molecule has 0 radical (unpaired) electrons. The molecule has 0 aromatic carbocycles. The van der Waals surface area contributed by atoms with Crippen LogP contribution in [-0.4, -0.2) is 11.9 Å². The first-order valence-corrected chi connectivity index (χ1v) is 10.1. The molecular weight excluding hydrogens is 394 g/mol. The van der Waals surface area contributed by atoms with Crippen molar-refractivity contribution in [3.8, 4) is 0 Å². The van der Waals surface area contributed by atoms with Crippen molar-refractivity contribution in [3.63, 3.8) is 0 Å². The normalized spacial score (nSPS) is 21.1. The average Bonchev–Trinajstić information content (AvgIpc) is 2.58. The van der Waals surface area contributed by atoms with E-state index < -0.39 is 11.9 Å². The molecule has 144 valence electrons. The van der Waals surface area contributed by atoms with E-state index in [9.17, 15) is 19.8 Å². The molecule has 0 fully saturated rings. The van der Waals surface area contributed by atoms with Crippen LogP contribution >= 0.6 is 0 Å². The van der Waals surface area contributed by atoms with Crippen molar-refractivity contribution in [2.24, 2.45) is 17.8 Å². The molecule has 0 aliphatic heterocycles. The van der Waals surface area contributed by atoms with Crippen LogP contribution < -0.4 is 113 Å². The number of carboxylic acids is 2. The first-order chi connectivity index (χ1) is 12.0. The Morgan fingerprint density at radius 3 is 2.07 bits per heavy atom. The van der Waals surface area contributed by atoms with Crippen molar-refractivity contribution in [1.82, 2.24) is 0 Å². The number of rotatable bonds is 14. The van der Waals surface area contributed by atoms with E-state index in [-0.39, 0.29) is 121 Å². The van der Waals surface area contributed by atoms with Gasteiger partial charge in [0.2, 0.25) is 0 Å². The van der Waals surface area contributed by atoms with Crippen LogP contribution in [0.4, 0.5) is 0 Å². The van der Waals surface area contributed by atoms with Gasteiger partial charge in [-0.2, -0.15) is 0 Å². The molecule has 1 aliphatic rings. The molecule has 0 saturated carbocycles.